The van der Waals surface area contributed by atoms with Gasteiger partial charge in [0.25, 0.3) is 0 Å². The third-order valence-electron chi connectivity index (χ3n) is 4.71. The molecule has 0 aromatic heterocycles. The van der Waals surface area contributed by atoms with E-state index < -0.39 is 18.7 Å². The molecule has 122 valence electrons. The Labute approximate surface area is 132 Å². The molecule has 0 amide bonds. The van der Waals surface area contributed by atoms with Gasteiger partial charge in [-0.1, -0.05) is 38.1 Å². The van der Waals surface area contributed by atoms with Gasteiger partial charge in [-0.05, 0) is 32.3 Å². The minimum absolute atomic E-state index is 0.0430. The van der Waals surface area contributed by atoms with Gasteiger partial charge in [0.1, 0.15) is 0 Å². The van der Waals surface area contributed by atoms with E-state index in [4.69, 9.17) is 9.05 Å². The van der Waals surface area contributed by atoms with E-state index >= 15 is 0 Å². The minimum Gasteiger partial charge on any atom is -0.309 e. The standard InChI is InChI=1S/C17H25O4P/c1-5-20-22(19,21-6-2)13(3)17(4)12-11-14-9-7-8-10-15(14)16(17)18/h7-10,13H,5-6,11-12H2,1-4H3. The number of aryl methyl sites for hydroxylation is 1. The summed E-state index contributed by atoms with van der Waals surface area (Å²) in [6, 6.07) is 7.66. The van der Waals surface area contributed by atoms with Crippen molar-refractivity contribution >= 4 is 13.4 Å². The van der Waals surface area contributed by atoms with Crippen LogP contribution >= 0.6 is 7.60 Å². The van der Waals surface area contributed by atoms with E-state index in [2.05, 4.69) is 0 Å². The summed E-state index contributed by atoms with van der Waals surface area (Å²) in [6.07, 6.45) is 1.47. The largest absolute Gasteiger partial charge is 0.334 e. The number of ketones is 1. The lowest BCUT2D eigenvalue weighted by Gasteiger charge is -2.40. The van der Waals surface area contributed by atoms with Crippen LogP contribution in [0.3, 0.4) is 0 Å². The van der Waals surface area contributed by atoms with E-state index in [0.29, 0.717) is 19.6 Å². The summed E-state index contributed by atoms with van der Waals surface area (Å²) in [5, 5.41) is 0. The van der Waals surface area contributed by atoms with Crippen molar-refractivity contribution in [2.45, 2.75) is 46.2 Å². The molecule has 4 nitrogen and oxygen atoms in total. The molecule has 22 heavy (non-hydrogen) atoms. The first-order chi connectivity index (χ1) is 10.4. The Morgan fingerprint density at radius 1 is 1.23 bits per heavy atom. The van der Waals surface area contributed by atoms with E-state index in [0.717, 1.165) is 17.5 Å². The number of rotatable bonds is 6. The van der Waals surface area contributed by atoms with Crippen molar-refractivity contribution in [1.29, 1.82) is 0 Å². The van der Waals surface area contributed by atoms with E-state index in [1.54, 1.807) is 13.8 Å². The van der Waals surface area contributed by atoms with Crippen molar-refractivity contribution in [2.75, 3.05) is 13.2 Å². The van der Waals surface area contributed by atoms with Crippen molar-refractivity contribution in [1.82, 2.24) is 0 Å². The summed E-state index contributed by atoms with van der Waals surface area (Å²) in [5.41, 5.74) is 0.608. The van der Waals surface area contributed by atoms with Gasteiger partial charge >= 0.3 is 7.60 Å². The van der Waals surface area contributed by atoms with Gasteiger partial charge in [-0.15, -0.1) is 0 Å². The predicted molar refractivity (Wildman–Crippen MR) is 87.5 cm³/mol. The number of hydrogen-bond donors (Lipinski definition) is 0. The minimum atomic E-state index is -3.31. The SMILES string of the molecule is CCOP(=O)(OCC)C(C)C1(C)CCc2ccccc2C1=O. The van der Waals surface area contributed by atoms with Gasteiger partial charge in [0, 0.05) is 11.0 Å². The van der Waals surface area contributed by atoms with Crippen molar-refractivity contribution in [2.24, 2.45) is 5.41 Å². The summed E-state index contributed by atoms with van der Waals surface area (Å²) < 4.78 is 24.0. The van der Waals surface area contributed by atoms with E-state index in [-0.39, 0.29) is 5.78 Å². The highest BCUT2D eigenvalue weighted by Gasteiger charge is 2.51. The number of hydrogen-bond acceptors (Lipinski definition) is 4. The van der Waals surface area contributed by atoms with Gasteiger partial charge < -0.3 is 9.05 Å². The first-order valence-corrected chi connectivity index (χ1v) is 9.51. The van der Waals surface area contributed by atoms with Crippen LogP contribution in [0, 0.1) is 5.41 Å². The van der Waals surface area contributed by atoms with Crippen molar-refractivity contribution in [3.8, 4) is 0 Å². The molecule has 2 unspecified atom stereocenters. The lowest BCUT2D eigenvalue weighted by Crippen LogP contribution is -2.42. The highest BCUT2D eigenvalue weighted by Crippen LogP contribution is 2.60. The van der Waals surface area contributed by atoms with E-state index in [9.17, 15) is 9.36 Å². The Hall–Kier alpha value is -0.960. The van der Waals surface area contributed by atoms with Crippen LogP contribution in [0.25, 0.3) is 0 Å². The fourth-order valence-corrected chi connectivity index (χ4v) is 5.33. The quantitative estimate of drug-likeness (QED) is 0.724. The van der Waals surface area contributed by atoms with E-state index in [1.165, 1.54) is 0 Å². The van der Waals surface area contributed by atoms with Crippen LogP contribution in [0.15, 0.2) is 24.3 Å². The molecule has 1 aliphatic rings. The van der Waals surface area contributed by atoms with E-state index in [1.807, 2.05) is 38.1 Å². The van der Waals surface area contributed by atoms with Gasteiger partial charge in [-0.3, -0.25) is 9.36 Å². The van der Waals surface area contributed by atoms with Crippen LogP contribution in [0.1, 0.15) is 50.0 Å². The molecule has 0 fully saturated rings. The van der Waals surface area contributed by atoms with Crippen molar-refractivity contribution < 1.29 is 18.4 Å². The first-order valence-electron chi connectivity index (χ1n) is 7.90. The monoisotopic (exact) mass is 324 g/mol. The van der Waals surface area contributed by atoms with Gasteiger partial charge in [-0.25, -0.2) is 0 Å². The molecule has 1 aromatic carbocycles. The van der Waals surface area contributed by atoms with Crippen LogP contribution < -0.4 is 0 Å². The normalized spacial score (nSPS) is 23.2. The molecule has 5 heteroatoms. The zero-order valence-electron chi connectivity index (χ0n) is 13.8. The average molecular weight is 324 g/mol. The van der Waals surface area contributed by atoms with Gasteiger partial charge in [-0.2, -0.15) is 0 Å². The Bertz CT molecular complexity index is 588. The van der Waals surface area contributed by atoms with Crippen LogP contribution in [0.5, 0.6) is 0 Å². The maximum absolute atomic E-state index is 13.1. The highest BCUT2D eigenvalue weighted by atomic mass is 31.2. The fraction of sp³-hybridized carbons (Fsp3) is 0.588. The molecule has 0 heterocycles. The third kappa shape index (κ3) is 2.92. The molecule has 0 radical (unpaired) electrons. The van der Waals surface area contributed by atoms with Crippen molar-refractivity contribution in [3.05, 3.63) is 35.4 Å². The molecule has 2 atom stereocenters. The Morgan fingerprint density at radius 3 is 2.41 bits per heavy atom. The molecule has 0 spiro atoms. The number of Topliss-reactive ketones (excluding diaryl/α,β-unsaturated/α-hetero) is 1. The summed E-state index contributed by atoms with van der Waals surface area (Å²) >= 11 is 0. The molecule has 0 N–H and O–H groups in total. The zero-order chi connectivity index (χ0) is 16.4. The van der Waals surface area contributed by atoms with Gasteiger partial charge in [0.15, 0.2) is 5.78 Å². The number of carbonyl (C=O) groups is 1. The maximum Gasteiger partial charge on any atom is 0.334 e. The van der Waals surface area contributed by atoms with Crippen LogP contribution in [-0.2, 0) is 20.0 Å². The van der Waals surface area contributed by atoms with Gasteiger partial charge in [0.2, 0.25) is 0 Å². The predicted octanol–water partition coefficient (Wildman–Crippen LogP) is 4.48. The molecule has 1 aliphatic carbocycles. The molecular formula is C17H25O4P. The van der Waals surface area contributed by atoms with Crippen LogP contribution in [0.4, 0.5) is 0 Å². The summed E-state index contributed by atoms with van der Waals surface area (Å²) in [4.78, 5) is 13.0. The smallest absolute Gasteiger partial charge is 0.309 e. The maximum atomic E-state index is 13.1. The topological polar surface area (TPSA) is 52.6 Å². The number of carbonyl (C=O) groups excluding carboxylic acids is 1. The molecular weight excluding hydrogens is 299 g/mol. The third-order valence-corrected chi connectivity index (χ3v) is 7.46. The second-order valence-electron chi connectivity index (χ2n) is 5.96. The molecule has 0 aliphatic heterocycles. The van der Waals surface area contributed by atoms with Crippen molar-refractivity contribution in [3.63, 3.8) is 0 Å². The molecule has 1 aromatic rings. The van der Waals surface area contributed by atoms with Crippen LogP contribution in [0.2, 0.25) is 0 Å². The molecule has 0 bridgehead atoms. The second kappa shape index (κ2) is 6.66. The lowest BCUT2D eigenvalue weighted by atomic mass is 9.70. The summed E-state index contributed by atoms with van der Waals surface area (Å²) in [5.74, 6) is 0.0430. The number of fused-ring (bicyclic) bond motifs is 1. The number of benzene rings is 1. The Kier molecular flexibility index (Phi) is 5.26. The Balaban J connectivity index is 2.38. The highest BCUT2D eigenvalue weighted by molar-refractivity contribution is 7.54. The molecule has 0 saturated heterocycles. The fourth-order valence-electron chi connectivity index (χ4n) is 3.14. The van der Waals surface area contributed by atoms with Crippen LogP contribution in [-0.4, -0.2) is 24.7 Å². The zero-order valence-corrected chi connectivity index (χ0v) is 14.7. The Morgan fingerprint density at radius 2 is 1.82 bits per heavy atom. The molecule has 2 rings (SSSR count). The second-order valence-corrected chi connectivity index (χ2v) is 8.33. The first kappa shape index (κ1) is 17.4. The summed E-state index contributed by atoms with van der Waals surface area (Å²) in [6.45, 7) is 7.90. The molecule has 0 saturated carbocycles. The average Bonchev–Trinajstić information content (AvgIpc) is 2.51. The summed E-state index contributed by atoms with van der Waals surface area (Å²) in [7, 11) is -3.31. The lowest BCUT2D eigenvalue weighted by molar-refractivity contribution is 0.0755. The van der Waals surface area contributed by atoms with Gasteiger partial charge in [0.05, 0.1) is 18.9 Å².